The molecule has 5 rings (SSSR count). The Balaban J connectivity index is 1.44. The second-order valence-electron chi connectivity index (χ2n) is 10.9. The minimum absolute atomic E-state index is 0.108. The summed E-state index contributed by atoms with van der Waals surface area (Å²) in [5, 5.41) is 11.5. The van der Waals surface area contributed by atoms with Gasteiger partial charge in [0.25, 0.3) is 11.8 Å². The molecule has 9 nitrogen and oxygen atoms in total. The number of piperazine rings is 1. The number of nitrogens with zero attached hydrogens (tertiary/aromatic N) is 6. The van der Waals surface area contributed by atoms with Gasteiger partial charge in [0.05, 0.1) is 23.1 Å². The minimum Gasteiger partial charge on any atom is -0.333 e. The van der Waals surface area contributed by atoms with E-state index in [1.165, 1.54) is 6.07 Å². The van der Waals surface area contributed by atoms with Crippen molar-refractivity contribution in [1.29, 1.82) is 0 Å². The van der Waals surface area contributed by atoms with Crippen molar-refractivity contribution in [2.45, 2.75) is 53.0 Å². The number of aromatic amines is 1. The van der Waals surface area contributed by atoms with Crippen molar-refractivity contribution < 1.29 is 14.0 Å². The highest BCUT2D eigenvalue weighted by atomic mass is 19.1. The Kier molecular flexibility index (Phi) is 6.28. The lowest BCUT2D eigenvalue weighted by Gasteiger charge is -2.46. The minimum atomic E-state index is -0.616. The third-order valence-electron chi connectivity index (χ3n) is 7.13. The third-order valence-corrected chi connectivity index (χ3v) is 7.13. The van der Waals surface area contributed by atoms with Crippen molar-refractivity contribution >= 4 is 17.5 Å². The van der Waals surface area contributed by atoms with Crippen LogP contribution in [-0.4, -0.2) is 71.6 Å². The first-order chi connectivity index (χ1) is 17.9. The number of benzene rings is 1. The molecule has 198 valence electrons. The molecule has 38 heavy (non-hydrogen) atoms. The van der Waals surface area contributed by atoms with E-state index in [2.05, 4.69) is 20.3 Å². The van der Waals surface area contributed by atoms with E-state index in [9.17, 15) is 14.0 Å². The molecule has 1 fully saturated rings. The van der Waals surface area contributed by atoms with Crippen LogP contribution in [0.5, 0.6) is 0 Å². The van der Waals surface area contributed by atoms with Gasteiger partial charge < -0.3 is 9.80 Å². The largest absolute Gasteiger partial charge is 0.333 e. The molecular weight excluding hydrogens is 485 g/mol. The third kappa shape index (κ3) is 4.55. The first-order valence-electron chi connectivity index (χ1n) is 12.7. The Labute approximate surface area is 220 Å². The number of amides is 2. The number of hydrogen-bond donors (Lipinski definition) is 1. The van der Waals surface area contributed by atoms with Crippen LogP contribution in [0.15, 0.2) is 36.5 Å². The average molecular weight is 518 g/mol. The van der Waals surface area contributed by atoms with Gasteiger partial charge in [-0.05, 0) is 57.4 Å². The molecule has 0 spiro atoms. The van der Waals surface area contributed by atoms with Gasteiger partial charge in [0.15, 0.2) is 5.65 Å². The van der Waals surface area contributed by atoms with E-state index in [0.717, 1.165) is 11.3 Å². The number of aryl methyl sites for hydroxylation is 2. The highest BCUT2D eigenvalue weighted by Crippen LogP contribution is 2.29. The van der Waals surface area contributed by atoms with Crippen LogP contribution in [0.3, 0.4) is 0 Å². The second-order valence-corrected chi connectivity index (χ2v) is 10.9. The summed E-state index contributed by atoms with van der Waals surface area (Å²) in [5.41, 5.74) is 4.20. The molecular formula is C28H32FN7O2. The molecule has 1 aromatic carbocycles. The Bertz CT molecular complexity index is 1550. The van der Waals surface area contributed by atoms with E-state index in [1.807, 2.05) is 46.8 Å². The van der Waals surface area contributed by atoms with Crippen LogP contribution < -0.4 is 0 Å². The van der Waals surface area contributed by atoms with Crippen molar-refractivity contribution in [3.63, 3.8) is 0 Å². The van der Waals surface area contributed by atoms with Crippen molar-refractivity contribution in [3.8, 4) is 11.3 Å². The van der Waals surface area contributed by atoms with Gasteiger partial charge in [-0.1, -0.05) is 26.0 Å². The van der Waals surface area contributed by atoms with Crippen LogP contribution in [0.1, 0.15) is 71.4 Å². The van der Waals surface area contributed by atoms with E-state index >= 15 is 0 Å². The normalized spacial score (nSPS) is 15.5. The van der Waals surface area contributed by atoms with E-state index in [4.69, 9.17) is 0 Å². The lowest BCUT2D eigenvalue weighted by molar-refractivity contribution is 0.0163. The molecule has 0 atom stereocenters. The fourth-order valence-corrected chi connectivity index (χ4v) is 4.97. The van der Waals surface area contributed by atoms with Gasteiger partial charge in [-0.15, -0.1) is 0 Å². The summed E-state index contributed by atoms with van der Waals surface area (Å²) in [6.07, 6.45) is 1.64. The summed E-state index contributed by atoms with van der Waals surface area (Å²) < 4.78 is 15.9. The molecule has 2 amide bonds. The summed E-state index contributed by atoms with van der Waals surface area (Å²) in [5.74, 6) is -0.538. The van der Waals surface area contributed by atoms with Crippen LogP contribution in [0.25, 0.3) is 16.9 Å². The molecule has 1 aliphatic heterocycles. The molecule has 0 bridgehead atoms. The predicted octanol–water partition coefficient (Wildman–Crippen LogP) is 4.38. The average Bonchev–Trinajstić information content (AvgIpc) is 3.49. The molecule has 3 aromatic heterocycles. The van der Waals surface area contributed by atoms with Crippen LogP contribution in [-0.2, 0) is 0 Å². The second kappa shape index (κ2) is 9.34. The Morgan fingerprint density at radius 3 is 2.47 bits per heavy atom. The van der Waals surface area contributed by atoms with Crippen molar-refractivity contribution in [2.24, 2.45) is 0 Å². The molecule has 4 heterocycles. The Morgan fingerprint density at radius 2 is 1.84 bits per heavy atom. The molecule has 10 heteroatoms. The fraction of sp³-hybridized carbons (Fsp3) is 0.393. The van der Waals surface area contributed by atoms with Gasteiger partial charge in [0, 0.05) is 30.8 Å². The van der Waals surface area contributed by atoms with E-state index in [0.29, 0.717) is 47.8 Å². The summed E-state index contributed by atoms with van der Waals surface area (Å²) in [6.45, 7) is 12.7. The number of rotatable bonds is 4. The first kappa shape index (κ1) is 25.6. The first-order valence-corrected chi connectivity index (χ1v) is 12.7. The summed E-state index contributed by atoms with van der Waals surface area (Å²) >= 11 is 0. The molecule has 0 unspecified atom stereocenters. The zero-order chi connectivity index (χ0) is 27.4. The maximum Gasteiger partial charge on any atom is 0.274 e. The Hall–Kier alpha value is -4.08. The number of hydrogen-bond acceptors (Lipinski definition) is 5. The van der Waals surface area contributed by atoms with Crippen LogP contribution in [0, 0.1) is 19.7 Å². The lowest BCUT2D eigenvalue weighted by Crippen LogP contribution is -2.62. The van der Waals surface area contributed by atoms with Gasteiger partial charge in [-0.2, -0.15) is 10.2 Å². The maximum atomic E-state index is 14.3. The molecule has 0 aliphatic carbocycles. The maximum absolute atomic E-state index is 14.3. The molecule has 1 saturated heterocycles. The molecule has 1 N–H and O–H groups in total. The Morgan fingerprint density at radius 1 is 1.08 bits per heavy atom. The molecule has 0 radical (unpaired) electrons. The molecule has 0 saturated carbocycles. The van der Waals surface area contributed by atoms with Gasteiger partial charge in [0.2, 0.25) is 0 Å². The number of fused-ring (bicyclic) bond motifs is 1. The smallest absolute Gasteiger partial charge is 0.274 e. The number of aromatic nitrogens is 5. The number of halogens is 1. The van der Waals surface area contributed by atoms with E-state index in [1.54, 1.807) is 39.6 Å². The molecule has 4 aromatic rings. The predicted molar refractivity (Wildman–Crippen MR) is 142 cm³/mol. The monoisotopic (exact) mass is 517 g/mol. The topological polar surface area (TPSA) is 99.5 Å². The van der Waals surface area contributed by atoms with Gasteiger partial charge in [-0.25, -0.2) is 13.9 Å². The SMILES string of the molecule is Cc1cc(C(=O)N2CCN(C(=O)c3cn4nc(-c5ccc(C)c(F)c5)cc(C(C)C)c4n3)C(C)(C)C2)[nH]n1. The number of nitrogens with one attached hydrogen (secondary N) is 1. The van der Waals surface area contributed by atoms with Gasteiger partial charge >= 0.3 is 0 Å². The number of carbonyl (C=O) groups is 2. The van der Waals surface area contributed by atoms with Crippen molar-refractivity contribution in [2.75, 3.05) is 19.6 Å². The highest BCUT2D eigenvalue weighted by Gasteiger charge is 2.40. The van der Waals surface area contributed by atoms with Crippen LogP contribution in [0.2, 0.25) is 0 Å². The number of imidazole rings is 1. The standard InChI is InChI=1S/C28H32FN7O2/c1-16(2)20-13-22(19-8-7-17(3)21(29)12-19)33-36-14-24(30-25(20)36)27(38)35-10-9-34(15-28(35,5)6)26(37)23-11-18(4)31-32-23/h7-8,11-14,16H,9-10,15H2,1-6H3,(H,31,32). The fourth-order valence-electron chi connectivity index (χ4n) is 4.97. The highest BCUT2D eigenvalue weighted by molar-refractivity contribution is 5.95. The number of H-pyrrole nitrogens is 1. The van der Waals surface area contributed by atoms with Gasteiger partial charge in [-0.3, -0.25) is 14.7 Å². The molecule has 1 aliphatic rings. The van der Waals surface area contributed by atoms with Gasteiger partial charge in [0.1, 0.15) is 17.2 Å². The zero-order valence-corrected chi connectivity index (χ0v) is 22.5. The number of carbonyl (C=O) groups excluding carboxylic acids is 2. The van der Waals surface area contributed by atoms with E-state index in [-0.39, 0.29) is 29.2 Å². The van der Waals surface area contributed by atoms with E-state index < -0.39 is 5.54 Å². The zero-order valence-electron chi connectivity index (χ0n) is 22.5. The summed E-state index contributed by atoms with van der Waals surface area (Å²) in [6, 6.07) is 8.69. The summed E-state index contributed by atoms with van der Waals surface area (Å²) in [7, 11) is 0. The lowest BCUT2D eigenvalue weighted by atomic mass is 9.98. The van der Waals surface area contributed by atoms with Crippen LogP contribution >= 0.6 is 0 Å². The van der Waals surface area contributed by atoms with Crippen LogP contribution in [0.4, 0.5) is 4.39 Å². The quantitative estimate of drug-likeness (QED) is 0.433. The van der Waals surface area contributed by atoms with Crippen molar-refractivity contribution in [3.05, 3.63) is 70.6 Å². The summed E-state index contributed by atoms with van der Waals surface area (Å²) in [4.78, 5) is 34.9. The van der Waals surface area contributed by atoms with Crippen molar-refractivity contribution in [1.82, 2.24) is 34.6 Å².